The van der Waals surface area contributed by atoms with E-state index in [0.29, 0.717) is 11.3 Å². The molecule has 0 aliphatic carbocycles. The summed E-state index contributed by atoms with van der Waals surface area (Å²) in [5, 5.41) is 12.2. The molecule has 0 N–H and O–H groups in total. The van der Waals surface area contributed by atoms with Crippen LogP contribution in [0.4, 0.5) is 17.1 Å². The van der Waals surface area contributed by atoms with Crippen LogP contribution in [0.25, 0.3) is 12.2 Å². The van der Waals surface area contributed by atoms with Crippen molar-refractivity contribution in [3.05, 3.63) is 180 Å². The van der Waals surface area contributed by atoms with Gasteiger partial charge in [-0.1, -0.05) is 127 Å². The molecule has 46 heavy (non-hydrogen) atoms. The number of azo groups is 1. The molecule has 6 aromatic rings. The number of carbonyl (C=O) groups excluding carboxylic acids is 1. The molecule has 0 atom stereocenters. The molecule has 0 fully saturated rings. The second kappa shape index (κ2) is 14.4. The second-order valence-corrected chi connectivity index (χ2v) is 13.5. The van der Waals surface area contributed by atoms with Gasteiger partial charge in [-0.2, -0.15) is 10.2 Å². The first kappa shape index (κ1) is 30.4. The van der Waals surface area contributed by atoms with Crippen LogP contribution >= 0.6 is 7.05 Å². The summed E-state index contributed by atoms with van der Waals surface area (Å²) < 4.78 is 10.3. The van der Waals surface area contributed by atoms with Crippen molar-refractivity contribution in [2.24, 2.45) is 15.0 Å². The predicted molar refractivity (Wildman–Crippen MR) is 191 cm³/mol. The van der Waals surface area contributed by atoms with E-state index >= 15 is 0 Å². The molecule has 0 aliphatic heterocycles. The SMILES string of the molecule is COC(=O)c1ccc(N=Nc2ccc(C=Cc3ccc(N=P(c4ccccc4)(c4ccccc4)c4ccccc4)cc3)cc2)cc1. The first-order chi connectivity index (χ1) is 22.6. The van der Waals surface area contributed by atoms with Gasteiger partial charge in [0, 0.05) is 15.9 Å². The van der Waals surface area contributed by atoms with Gasteiger partial charge in [0.1, 0.15) is 0 Å². The number of nitrogens with zero attached hydrogens (tertiary/aromatic N) is 3. The summed E-state index contributed by atoms with van der Waals surface area (Å²) in [6.45, 7) is 0. The molecule has 0 saturated heterocycles. The molecule has 0 heterocycles. The number of hydrogen-bond acceptors (Lipinski definition) is 5. The molecule has 0 radical (unpaired) electrons. The van der Waals surface area contributed by atoms with Gasteiger partial charge in [-0.15, -0.1) is 0 Å². The van der Waals surface area contributed by atoms with Crippen molar-refractivity contribution in [3.8, 4) is 0 Å². The Morgan fingerprint density at radius 1 is 0.500 bits per heavy atom. The van der Waals surface area contributed by atoms with E-state index in [0.717, 1.165) is 22.5 Å². The van der Waals surface area contributed by atoms with Gasteiger partial charge in [-0.3, -0.25) is 4.74 Å². The van der Waals surface area contributed by atoms with Crippen molar-refractivity contribution in [3.63, 3.8) is 0 Å². The maximum absolute atomic E-state index is 11.6. The van der Waals surface area contributed by atoms with E-state index in [1.165, 1.54) is 23.0 Å². The largest absolute Gasteiger partial charge is 0.465 e. The molecule has 0 saturated carbocycles. The first-order valence-electron chi connectivity index (χ1n) is 14.9. The smallest absolute Gasteiger partial charge is 0.337 e. The third-order valence-corrected chi connectivity index (χ3v) is 11.1. The van der Waals surface area contributed by atoms with Crippen LogP contribution in [0.3, 0.4) is 0 Å². The number of ether oxygens (including phenoxy) is 1. The quantitative estimate of drug-likeness (QED) is 0.0702. The van der Waals surface area contributed by atoms with E-state index in [1.54, 1.807) is 24.3 Å². The van der Waals surface area contributed by atoms with Crippen LogP contribution in [0.2, 0.25) is 0 Å². The molecule has 0 bridgehead atoms. The fourth-order valence-corrected chi connectivity index (χ4v) is 8.65. The molecule has 0 amide bonds. The van der Waals surface area contributed by atoms with E-state index < -0.39 is 7.05 Å². The van der Waals surface area contributed by atoms with E-state index in [4.69, 9.17) is 9.48 Å². The highest BCUT2D eigenvalue weighted by molar-refractivity contribution is 7.87. The normalized spacial score (nSPS) is 11.5. The lowest BCUT2D eigenvalue weighted by Gasteiger charge is -2.27. The van der Waals surface area contributed by atoms with Crippen molar-refractivity contribution in [1.82, 2.24) is 0 Å². The summed E-state index contributed by atoms with van der Waals surface area (Å²) >= 11 is 0. The van der Waals surface area contributed by atoms with Gasteiger partial charge in [0.25, 0.3) is 0 Å². The van der Waals surface area contributed by atoms with Crippen LogP contribution in [0.5, 0.6) is 0 Å². The topological polar surface area (TPSA) is 63.4 Å². The average molecular weight is 618 g/mol. The van der Waals surface area contributed by atoms with Crippen LogP contribution in [0.15, 0.2) is 179 Å². The number of rotatable bonds is 9. The van der Waals surface area contributed by atoms with E-state index in [2.05, 4.69) is 138 Å². The molecule has 0 unspecified atom stereocenters. The third-order valence-electron chi connectivity index (χ3n) is 7.48. The molecule has 0 aliphatic rings. The van der Waals surface area contributed by atoms with Gasteiger partial charge in [-0.05, 0) is 59.7 Å². The van der Waals surface area contributed by atoms with Gasteiger partial charge in [-0.25, -0.2) is 4.79 Å². The molecule has 6 aromatic carbocycles. The number of carbonyl (C=O) groups is 1. The fourth-order valence-electron chi connectivity index (χ4n) is 5.12. The van der Waals surface area contributed by atoms with Crippen molar-refractivity contribution in [2.75, 3.05) is 7.11 Å². The molecule has 5 nitrogen and oxygen atoms in total. The van der Waals surface area contributed by atoms with Crippen LogP contribution in [0, 0.1) is 0 Å². The molecular formula is C40H32N3O2P. The summed E-state index contributed by atoms with van der Waals surface area (Å²) in [7, 11) is -0.961. The zero-order valence-electron chi connectivity index (χ0n) is 25.3. The predicted octanol–water partition coefficient (Wildman–Crippen LogP) is 9.87. The Hall–Kier alpha value is -5.64. The second-order valence-electron chi connectivity index (χ2n) is 10.5. The zero-order chi connectivity index (χ0) is 31.6. The summed E-state index contributed by atoms with van der Waals surface area (Å²) in [6.07, 6.45) is 4.17. The molecular weight excluding hydrogens is 585 g/mol. The third kappa shape index (κ3) is 7.02. The summed E-state index contributed by atoms with van der Waals surface area (Å²) in [6, 6.07) is 55.1. The van der Waals surface area contributed by atoms with Crippen molar-refractivity contribution >= 4 is 58.2 Å². The zero-order valence-corrected chi connectivity index (χ0v) is 26.2. The van der Waals surface area contributed by atoms with Crippen LogP contribution < -0.4 is 15.9 Å². The number of esters is 1. The Morgan fingerprint density at radius 2 is 0.870 bits per heavy atom. The lowest BCUT2D eigenvalue weighted by molar-refractivity contribution is 0.0600. The number of methoxy groups -OCH3 is 1. The minimum Gasteiger partial charge on any atom is -0.465 e. The monoisotopic (exact) mass is 617 g/mol. The Morgan fingerprint density at radius 3 is 1.26 bits per heavy atom. The lowest BCUT2D eigenvalue weighted by Crippen LogP contribution is -2.25. The first-order valence-corrected chi connectivity index (χ1v) is 16.7. The van der Waals surface area contributed by atoms with Crippen molar-refractivity contribution in [2.45, 2.75) is 0 Å². The van der Waals surface area contributed by atoms with E-state index in [1.807, 2.05) is 24.3 Å². The Labute approximate surface area is 269 Å². The van der Waals surface area contributed by atoms with Gasteiger partial charge in [0.05, 0.1) is 36.8 Å². The minimum atomic E-state index is -2.32. The highest BCUT2D eigenvalue weighted by atomic mass is 31.2. The van der Waals surface area contributed by atoms with E-state index in [-0.39, 0.29) is 5.97 Å². The lowest BCUT2D eigenvalue weighted by atomic mass is 10.1. The summed E-state index contributed by atoms with van der Waals surface area (Å²) in [4.78, 5) is 11.6. The Kier molecular flexibility index (Phi) is 9.53. The highest BCUT2D eigenvalue weighted by Gasteiger charge is 2.27. The summed E-state index contributed by atoms with van der Waals surface area (Å²) in [5.74, 6) is -0.379. The minimum absolute atomic E-state index is 0.379. The molecule has 6 heteroatoms. The molecule has 224 valence electrons. The van der Waals surface area contributed by atoms with Gasteiger partial charge in [0.2, 0.25) is 0 Å². The van der Waals surface area contributed by atoms with Gasteiger partial charge < -0.3 is 4.74 Å². The maximum Gasteiger partial charge on any atom is 0.337 e. The van der Waals surface area contributed by atoms with E-state index in [9.17, 15) is 4.79 Å². The van der Waals surface area contributed by atoms with Gasteiger partial charge >= 0.3 is 5.97 Å². The maximum atomic E-state index is 11.6. The summed E-state index contributed by atoms with van der Waals surface area (Å²) in [5.41, 5.74) is 4.95. The standard InChI is InChI=1S/C40H32N3O2P/c1-45-40(44)33-23-29-35(30-24-33)42-41-34-25-19-31(20-26-34)17-18-32-21-27-36(28-22-32)43-46(37-11-5-2-6-12-37,38-13-7-3-8-14-38)39-15-9-4-10-16-39/h2-30H,1H3. The van der Waals surface area contributed by atoms with Gasteiger partial charge in [0.15, 0.2) is 0 Å². The number of benzene rings is 6. The Balaban J connectivity index is 1.23. The number of hydrogen-bond donors (Lipinski definition) is 0. The molecule has 0 spiro atoms. The van der Waals surface area contributed by atoms with Crippen LogP contribution in [0.1, 0.15) is 21.5 Å². The van der Waals surface area contributed by atoms with Crippen molar-refractivity contribution < 1.29 is 9.53 Å². The van der Waals surface area contributed by atoms with Crippen molar-refractivity contribution in [1.29, 1.82) is 0 Å². The van der Waals surface area contributed by atoms with Crippen LogP contribution in [-0.4, -0.2) is 13.1 Å². The molecule has 6 rings (SSSR count). The van der Waals surface area contributed by atoms with Crippen LogP contribution in [-0.2, 0) is 4.74 Å². The highest BCUT2D eigenvalue weighted by Crippen LogP contribution is 2.49. The average Bonchev–Trinajstić information content (AvgIpc) is 3.14. The Bertz CT molecular complexity index is 1900. The molecule has 0 aromatic heterocycles. The fraction of sp³-hybridized carbons (Fsp3) is 0.0250.